The van der Waals surface area contributed by atoms with Crippen LogP contribution in [0.3, 0.4) is 0 Å². The zero-order valence-corrected chi connectivity index (χ0v) is 11.4. The number of carbonyl (C=O) groups is 2. The largest absolute Gasteiger partial charge is 0.444 e. The minimum atomic E-state index is -0.648. The first-order chi connectivity index (χ1) is 7.67. The Labute approximate surface area is 102 Å². The van der Waals surface area contributed by atoms with Crippen LogP contribution >= 0.6 is 0 Å². The summed E-state index contributed by atoms with van der Waals surface area (Å²) in [6.07, 6.45) is -0.607. The van der Waals surface area contributed by atoms with E-state index in [9.17, 15) is 9.59 Å². The van der Waals surface area contributed by atoms with Crippen molar-refractivity contribution in [3.05, 3.63) is 0 Å². The van der Waals surface area contributed by atoms with Crippen molar-refractivity contribution in [3.8, 4) is 0 Å². The molecule has 0 aliphatic heterocycles. The number of ether oxygens (including phenoxy) is 2. The normalized spacial score (nSPS) is 12.8. The molecule has 0 spiro atoms. The molecule has 0 aromatic rings. The second-order valence-electron chi connectivity index (χ2n) is 4.82. The van der Waals surface area contributed by atoms with Gasteiger partial charge in [0.2, 0.25) is 5.91 Å². The molecule has 1 atom stereocenters. The number of nitrogens with zero attached hydrogens (tertiary/aromatic N) is 1. The quantitative estimate of drug-likeness (QED) is 0.750. The Morgan fingerprint density at radius 3 is 2.29 bits per heavy atom. The van der Waals surface area contributed by atoms with E-state index in [2.05, 4.69) is 5.32 Å². The zero-order valence-electron chi connectivity index (χ0n) is 11.4. The van der Waals surface area contributed by atoms with Crippen molar-refractivity contribution in [1.82, 2.24) is 10.2 Å². The van der Waals surface area contributed by atoms with Crippen molar-refractivity contribution >= 4 is 12.0 Å². The Bertz CT molecular complexity index is 273. The molecule has 0 aromatic carbocycles. The summed E-state index contributed by atoms with van der Waals surface area (Å²) in [6.45, 7) is 7.06. The fourth-order valence-corrected chi connectivity index (χ4v) is 1.13. The van der Waals surface area contributed by atoms with Crippen molar-refractivity contribution in [2.45, 2.75) is 39.3 Å². The molecule has 0 saturated heterocycles. The summed E-state index contributed by atoms with van der Waals surface area (Å²) in [7, 11) is 3.09. The molecule has 0 fully saturated rings. The van der Waals surface area contributed by atoms with E-state index in [1.807, 2.05) is 0 Å². The lowest BCUT2D eigenvalue weighted by atomic mass is 10.2. The van der Waals surface area contributed by atoms with Gasteiger partial charge < -0.3 is 19.7 Å². The van der Waals surface area contributed by atoms with Gasteiger partial charge in [-0.05, 0) is 27.7 Å². The number of carbonyl (C=O) groups excluding carboxylic acids is 2. The van der Waals surface area contributed by atoms with Gasteiger partial charge in [0, 0.05) is 14.2 Å². The molecule has 0 bridgehead atoms. The van der Waals surface area contributed by atoms with Gasteiger partial charge in [0.1, 0.15) is 18.4 Å². The molecule has 100 valence electrons. The molecule has 0 saturated carbocycles. The second kappa shape index (κ2) is 6.44. The van der Waals surface area contributed by atoms with E-state index in [0.717, 1.165) is 0 Å². The molecule has 2 amide bonds. The van der Waals surface area contributed by atoms with Crippen LogP contribution in [-0.4, -0.2) is 49.4 Å². The Hall–Kier alpha value is -1.30. The van der Waals surface area contributed by atoms with Gasteiger partial charge in [-0.25, -0.2) is 4.79 Å². The summed E-state index contributed by atoms with van der Waals surface area (Å²) in [5.74, 6) is -0.238. The maximum absolute atomic E-state index is 11.7. The van der Waals surface area contributed by atoms with Crippen molar-refractivity contribution in [2.24, 2.45) is 0 Å². The monoisotopic (exact) mass is 246 g/mol. The molecule has 0 radical (unpaired) electrons. The highest BCUT2D eigenvalue weighted by Crippen LogP contribution is 2.06. The number of likely N-dealkylation sites (N-methyl/N-ethyl adjacent to an activating group) is 1. The smallest absolute Gasteiger partial charge is 0.408 e. The van der Waals surface area contributed by atoms with E-state index >= 15 is 0 Å². The standard InChI is InChI=1S/C11H22N2O4/c1-8(9(14)13(5)7-16-6)12-10(15)17-11(2,3)4/h8H,7H2,1-6H3,(H,12,15). The molecule has 0 rings (SSSR count). The topological polar surface area (TPSA) is 67.9 Å². The number of hydrogen-bond donors (Lipinski definition) is 1. The number of methoxy groups -OCH3 is 1. The fraction of sp³-hybridized carbons (Fsp3) is 0.818. The van der Waals surface area contributed by atoms with E-state index in [-0.39, 0.29) is 12.6 Å². The third kappa shape index (κ3) is 6.78. The molecular weight excluding hydrogens is 224 g/mol. The van der Waals surface area contributed by atoms with Crippen molar-refractivity contribution in [1.29, 1.82) is 0 Å². The number of alkyl carbamates (subject to hydrolysis) is 1. The summed E-state index contributed by atoms with van der Waals surface area (Å²) in [5.41, 5.74) is -0.578. The van der Waals surface area contributed by atoms with Gasteiger partial charge in [-0.2, -0.15) is 0 Å². The zero-order chi connectivity index (χ0) is 13.6. The molecule has 6 nitrogen and oxygen atoms in total. The molecular formula is C11H22N2O4. The first-order valence-corrected chi connectivity index (χ1v) is 5.41. The average molecular weight is 246 g/mol. The average Bonchev–Trinajstić information content (AvgIpc) is 2.13. The van der Waals surface area contributed by atoms with Gasteiger partial charge in [-0.15, -0.1) is 0 Å². The Morgan fingerprint density at radius 1 is 1.35 bits per heavy atom. The summed E-state index contributed by atoms with van der Waals surface area (Å²) >= 11 is 0. The maximum Gasteiger partial charge on any atom is 0.408 e. The van der Waals surface area contributed by atoms with Gasteiger partial charge in [-0.1, -0.05) is 0 Å². The summed E-state index contributed by atoms with van der Waals surface area (Å²) in [5, 5.41) is 2.47. The highest BCUT2D eigenvalue weighted by molar-refractivity contribution is 5.85. The highest BCUT2D eigenvalue weighted by Gasteiger charge is 2.22. The number of rotatable bonds is 4. The van der Waals surface area contributed by atoms with Crippen LogP contribution in [0.2, 0.25) is 0 Å². The summed E-state index contributed by atoms with van der Waals surface area (Å²) < 4.78 is 9.87. The lowest BCUT2D eigenvalue weighted by molar-refractivity contribution is -0.135. The maximum atomic E-state index is 11.7. The van der Waals surface area contributed by atoms with Gasteiger partial charge in [0.05, 0.1) is 0 Å². The van der Waals surface area contributed by atoms with Crippen LogP contribution in [0.25, 0.3) is 0 Å². The fourth-order valence-electron chi connectivity index (χ4n) is 1.13. The SMILES string of the molecule is COCN(C)C(=O)C(C)NC(=O)OC(C)(C)C. The van der Waals surface area contributed by atoms with Crippen LogP contribution < -0.4 is 5.32 Å². The van der Waals surface area contributed by atoms with Crippen LogP contribution in [0, 0.1) is 0 Å². The number of nitrogens with one attached hydrogen (secondary N) is 1. The van der Waals surface area contributed by atoms with Gasteiger partial charge in [-0.3, -0.25) is 4.79 Å². The highest BCUT2D eigenvalue weighted by atomic mass is 16.6. The van der Waals surface area contributed by atoms with Gasteiger partial charge in [0.15, 0.2) is 0 Å². The minimum Gasteiger partial charge on any atom is -0.444 e. The molecule has 0 aliphatic carbocycles. The van der Waals surface area contributed by atoms with E-state index in [4.69, 9.17) is 9.47 Å². The van der Waals surface area contributed by atoms with Crippen LogP contribution in [0.1, 0.15) is 27.7 Å². The third-order valence-electron chi connectivity index (χ3n) is 1.80. The van der Waals surface area contributed by atoms with Crippen molar-refractivity contribution < 1.29 is 19.1 Å². The molecule has 17 heavy (non-hydrogen) atoms. The second-order valence-corrected chi connectivity index (χ2v) is 4.82. The van der Waals surface area contributed by atoms with Crippen LogP contribution in [0.5, 0.6) is 0 Å². The predicted octanol–water partition coefficient (Wildman–Crippen LogP) is 0.962. The Morgan fingerprint density at radius 2 is 1.88 bits per heavy atom. The van der Waals surface area contributed by atoms with Crippen LogP contribution in [0.4, 0.5) is 4.79 Å². The lowest BCUT2D eigenvalue weighted by Crippen LogP contribution is -2.47. The summed E-state index contributed by atoms with van der Waals surface area (Å²) in [4.78, 5) is 24.5. The predicted molar refractivity (Wildman–Crippen MR) is 63.5 cm³/mol. The van der Waals surface area contributed by atoms with Crippen LogP contribution in [-0.2, 0) is 14.3 Å². The van der Waals surface area contributed by atoms with Crippen LogP contribution in [0.15, 0.2) is 0 Å². The first-order valence-electron chi connectivity index (χ1n) is 5.41. The number of amides is 2. The van der Waals surface area contributed by atoms with Crippen molar-refractivity contribution in [3.63, 3.8) is 0 Å². The molecule has 0 aromatic heterocycles. The summed E-state index contributed by atoms with van der Waals surface area (Å²) in [6, 6.07) is -0.648. The Balaban J connectivity index is 4.21. The minimum absolute atomic E-state index is 0.180. The molecule has 1 unspecified atom stereocenters. The number of hydrogen-bond acceptors (Lipinski definition) is 4. The molecule has 6 heteroatoms. The third-order valence-corrected chi connectivity index (χ3v) is 1.80. The first kappa shape index (κ1) is 15.7. The Kier molecular flexibility index (Phi) is 5.95. The van der Waals surface area contributed by atoms with E-state index < -0.39 is 17.7 Å². The van der Waals surface area contributed by atoms with E-state index in [1.54, 1.807) is 34.7 Å². The molecule has 0 aliphatic rings. The van der Waals surface area contributed by atoms with Crippen molar-refractivity contribution in [2.75, 3.05) is 20.9 Å². The van der Waals surface area contributed by atoms with E-state index in [1.165, 1.54) is 12.0 Å². The molecule has 0 heterocycles. The lowest BCUT2D eigenvalue weighted by Gasteiger charge is -2.24. The molecule has 1 N–H and O–H groups in total. The van der Waals surface area contributed by atoms with E-state index in [0.29, 0.717) is 0 Å². The van der Waals surface area contributed by atoms with Gasteiger partial charge in [0.25, 0.3) is 0 Å². The van der Waals surface area contributed by atoms with Gasteiger partial charge >= 0.3 is 6.09 Å².